The van der Waals surface area contributed by atoms with E-state index < -0.39 is 15.7 Å². The molecule has 2 amide bonds. The predicted octanol–water partition coefficient (Wildman–Crippen LogP) is 4.10. The Kier molecular flexibility index (Phi) is 7.51. The number of carbonyl (C=O) groups is 2. The van der Waals surface area contributed by atoms with Crippen LogP contribution in [-0.2, 0) is 14.6 Å². The second-order valence-corrected chi connectivity index (χ2v) is 10.7. The van der Waals surface area contributed by atoms with E-state index in [1.165, 1.54) is 49.4 Å². The topological polar surface area (TPSA) is 96.0 Å². The van der Waals surface area contributed by atoms with Crippen LogP contribution in [0.1, 0.15) is 17.3 Å². The molecule has 188 valence electrons. The Morgan fingerprint density at radius 2 is 1.61 bits per heavy atom. The number of benzene rings is 3. The molecule has 3 aromatic carbocycles. The molecule has 0 spiro atoms. The van der Waals surface area contributed by atoms with Crippen LogP contribution >= 0.6 is 11.6 Å². The molecule has 1 saturated heterocycles. The highest BCUT2D eigenvalue weighted by Crippen LogP contribution is 2.31. The van der Waals surface area contributed by atoms with Crippen molar-refractivity contribution in [1.29, 1.82) is 0 Å². The molecule has 0 unspecified atom stereocenters. The number of piperazine rings is 1. The number of hydrogen-bond donors (Lipinski definition) is 1. The summed E-state index contributed by atoms with van der Waals surface area (Å²) in [7, 11) is -2.33. The summed E-state index contributed by atoms with van der Waals surface area (Å²) in [6, 6.07) is 17.7. The third kappa shape index (κ3) is 5.32. The van der Waals surface area contributed by atoms with Gasteiger partial charge in [-0.1, -0.05) is 23.7 Å². The zero-order chi connectivity index (χ0) is 25.9. The maximum Gasteiger partial charge on any atom is 0.254 e. The molecule has 1 heterocycles. The van der Waals surface area contributed by atoms with Crippen LogP contribution < -0.4 is 15.0 Å². The Balaban J connectivity index is 1.57. The molecule has 1 N–H and O–H groups in total. The lowest BCUT2D eigenvalue weighted by molar-refractivity contribution is -0.114. The Bertz CT molecular complexity index is 1380. The van der Waals surface area contributed by atoms with E-state index in [-0.39, 0.29) is 21.4 Å². The standard InChI is InChI=1S/C26H26ClN3O5S/c1-18(31)28-22-17-19(7-12-25(22)36(33,34)21-10-8-20(27)9-11-21)26(32)30-15-13-29(14-16-30)23-5-3-4-6-24(23)35-2/h3-12,17H,13-16H2,1-2H3,(H,28,31). The summed E-state index contributed by atoms with van der Waals surface area (Å²) >= 11 is 5.89. The van der Waals surface area contributed by atoms with E-state index in [2.05, 4.69) is 10.2 Å². The first kappa shape index (κ1) is 25.5. The summed E-state index contributed by atoms with van der Waals surface area (Å²) < 4.78 is 31.9. The largest absolute Gasteiger partial charge is 0.495 e. The number of nitrogens with zero attached hydrogens (tertiary/aromatic N) is 2. The fourth-order valence-corrected chi connectivity index (χ4v) is 5.67. The smallest absolute Gasteiger partial charge is 0.254 e. The Labute approximate surface area is 215 Å². The Morgan fingerprint density at radius 1 is 0.944 bits per heavy atom. The van der Waals surface area contributed by atoms with Crippen LogP contribution in [0.2, 0.25) is 5.02 Å². The molecule has 0 saturated carbocycles. The van der Waals surface area contributed by atoms with E-state index in [4.69, 9.17) is 16.3 Å². The zero-order valence-corrected chi connectivity index (χ0v) is 21.5. The molecule has 1 aliphatic heterocycles. The molecular formula is C26H26ClN3O5S. The minimum Gasteiger partial charge on any atom is -0.495 e. The van der Waals surface area contributed by atoms with E-state index in [0.717, 1.165) is 11.4 Å². The fourth-order valence-electron chi connectivity index (χ4n) is 4.15. The van der Waals surface area contributed by atoms with Crippen LogP contribution in [-0.4, -0.2) is 58.4 Å². The van der Waals surface area contributed by atoms with E-state index in [0.29, 0.717) is 36.8 Å². The van der Waals surface area contributed by atoms with Crippen molar-refractivity contribution in [3.05, 3.63) is 77.3 Å². The molecule has 0 bridgehead atoms. The average Bonchev–Trinajstić information content (AvgIpc) is 2.88. The van der Waals surface area contributed by atoms with Gasteiger partial charge in [0.05, 0.1) is 28.3 Å². The van der Waals surface area contributed by atoms with Gasteiger partial charge in [0.15, 0.2) is 0 Å². The highest BCUT2D eigenvalue weighted by atomic mass is 35.5. The van der Waals surface area contributed by atoms with Gasteiger partial charge in [-0.2, -0.15) is 0 Å². The molecule has 10 heteroatoms. The van der Waals surface area contributed by atoms with Gasteiger partial charge in [-0.25, -0.2) is 8.42 Å². The summed E-state index contributed by atoms with van der Waals surface area (Å²) in [6.45, 7) is 3.49. The van der Waals surface area contributed by atoms with Gasteiger partial charge in [0.2, 0.25) is 15.7 Å². The van der Waals surface area contributed by atoms with Crippen LogP contribution in [0.3, 0.4) is 0 Å². The van der Waals surface area contributed by atoms with Crippen LogP contribution in [0.15, 0.2) is 76.5 Å². The van der Waals surface area contributed by atoms with E-state index in [9.17, 15) is 18.0 Å². The summed E-state index contributed by atoms with van der Waals surface area (Å²) in [5.41, 5.74) is 1.31. The van der Waals surface area contributed by atoms with Gasteiger partial charge in [0.1, 0.15) is 5.75 Å². The monoisotopic (exact) mass is 527 g/mol. The zero-order valence-electron chi connectivity index (χ0n) is 19.9. The molecular weight excluding hydrogens is 502 g/mol. The first-order valence-corrected chi connectivity index (χ1v) is 13.2. The van der Waals surface area contributed by atoms with Crippen molar-refractivity contribution >= 4 is 44.6 Å². The van der Waals surface area contributed by atoms with Crippen molar-refractivity contribution < 1.29 is 22.7 Å². The molecule has 0 aromatic heterocycles. The van der Waals surface area contributed by atoms with Crippen LogP contribution in [0.4, 0.5) is 11.4 Å². The summed E-state index contributed by atoms with van der Waals surface area (Å²) in [5, 5.41) is 2.97. The third-order valence-corrected chi connectivity index (χ3v) is 8.02. The number of carbonyl (C=O) groups excluding carboxylic acids is 2. The van der Waals surface area contributed by atoms with Gasteiger partial charge < -0.3 is 19.9 Å². The van der Waals surface area contributed by atoms with Crippen LogP contribution in [0, 0.1) is 0 Å². The molecule has 8 nitrogen and oxygen atoms in total. The van der Waals surface area contributed by atoms with Gasteiger partial charge >= 0.3 is 0 Å². The van der Waals surface area contributed by atoms with Gasteiger partial charge in [-0.3, -0.25) is 9.59 Å². The first-order chi connectivity index (χ1) is 17.2. The first-order valence-electron chi connectivity index (χ1n) is 11.3. The number of methoxy groups -OCH3 is 1. The minimum atomic E-state index is -3.96. The fraction of sp³-hybridized carbons (Fsp3) is 0.231. The number of hydrogen-bond acceptors (Lipinski definition) is 6. The highest BCUT2D eigenvalue weighted by molar-refractivity contribution is 7.91. The number of para-hydroxylation sites is 2. The number of sulfone groups is 1. The average molecular weight is 528 g/mol. The molecule has 1 aliphatic rings. The molecule has 0 aliphatic carbocycles. The Hall–Kier alpha value is -3.56. The summed E-state index contributed by atoms with van der Waals surface area (Å²) in [4.78, 5) is 28.9. The summed E-state index contributed by atoms with van der Waals surface area (Å²) in [5.74, 6) is 0.0870. The Morgan fingerprint density at radius 3 is 2.25 bits per heavy atom. The lowest BCUT2D eigenvalue weighted by atomic mass is 10.1. The number of ether oxygens (including phenoxy) is 1. The lowest BCUT2D eigenvalue weighted by Gasteiger charge is -2.36. The van der Waals surface area contributed by atoms with E-state index in [1.807, 2.05) is 24.3 Å². The van der Waals surface area contributed by atoms with Crippen molar-refractivity contribution in [3.8, 4) is 5.75 Å². The highest BCUT2D eigenvalue weighted by Gasteiger charge is 2.27. The van der Waals surface area contributed by atoms with Gasteiger partial charge in [-0.05, 0) is 54.6 Å². The quantitative estimate of drug-likeness (QED) is 0.518. The van der Waals surface area contributed by atoms with Crippen molar-refractivity contribution in [2.24, 2.45) is 0 Å². The molecule has 0 atom stereocenters. The van der Waals surface area contributed by atoms with E-state index in [1.54, 1.807) is 12.0 Å². The molecule has 1 fully saturated rings. The molecule has 36 heavy (non-hydrogen) atoms. The second kappa shape index (κ2) is 10.6. The van der Waals surface area contributed by atoms with Crippen molar-refractivity contribution in [2.45, 2.75) is 16.7 Å². The van der Waals surface area contributed by atoms with Crippen molar-refractivity contribution in [2.75, 3.05) is 43.5 Å². The molecule has 4 rings (SSSR count). The maximum atomic E-state index is 13.3. The summed E-state index contributed by atoms with van der Waals surface area (Å²) in [6.07, 6.45) is 0. The lowest BCUT2D eigenvalue weighted by Crippen LogP contribution is -2.48. The predicted molar refractivity (Wildman–Crippen MR) is 139 cm³/mol. The van der Waals surface area contributed by atoms with Gasteiger partial charge in [0, 0.05) is 43.7 Å². The molecule has 0 radical (unpaired) electrons. The van der Waals surface area contributed by atoms with Crippen molar-refractivity contribution in [1.82, 2.24) is 4.90 Å². The number of anilines is 2. The number of amides is 2. The number of rotatable bonds is 6. The number of nitrogens with one attached hydrogen (secondary N) is 1. The van der Waals surface area contributed by atoms with Gasteiger partial charge in [0.25, 0.3) is 5.91 Å². The third-order valence-electron chi connectivity index (χ3n) is 5.94. The van der Waals surface area contributed by atoms with Crippen LogP contribution in [0.5, 0.6) is 5.75 Å². The minimum absolute atomic E-state index is 0.0324. The second-order valence-electron chi connectivity index (χ2n) is 8.30. The SMILES string of the molecule is COc1ccccc1N1CCN(C(=O)c2ccc(S(=O)(=O)c3ccc(Cl)cc3)c(NC(C)=O)c2)CC1. The van der Waals surface area contributed by atoms with Gasteiger partial charge in [-0.15, -0.1) is 0 Å². The maximum absolute atomic E-state index is 13.3. The van der Waals surface area contributed by atoms with Crippen LogP contribution in [0.25, 0.3) is 0 Å². The van der Waals surface area contributed by atoms with Crippen molar-refractivity contribution in [3.63, 3.8) is 0 Å². The normalized spacial score (nSPS) is 13.9. The number of halogens is 1. The molecule has 3 aromatic rings. The van der Waals surface area contributed by atoms with E-state index >= 15 is 0 Å².